The number of halogens is 2. The summed E-state index contributed by atoms with van der Waals surface area (Å²) >= 11 is 8.91. The van der Waals surface area contributed by atoms with Gasteiger partial charge in [-0.1, -0.05) is 32.6 Å². The molecule has 0 spiro atoms. The Labute approximate surface area is 119 Å². The van der Waals surface area contributed by atoms with Gasteiger partial charge in [0.05, 0.1) is 7.57 Å². The maximum Gasteiger partial charge on any atom is 0.0758 e. The molecule has 0 fully saturated rings. The first-order chi connectivity index (χ1) is 7.69. The Hall–Kier alpha value is 0.620. The lowest BCUT2D eigenvalue weighted by atomic mass is 10.0. The minimum absolute atomic E-state index is 0.480. The molecule has 92 valence electrons. The number of unbranched alkanes of at least 4 members (excludes halogenated alkanes) is 3. The summed E-state index contributed by atoms with van der Waals surface area (Å²) < 4.78 is 2.44. The molecule has 16 heavy (non-hydrogen) atoms. The summed E-state index contributed by atoms with van der Waals surface area (Å²) in [7, 11) is 2.04. The SMILES string of the molecule is CCCCCCC(NC)c1cc(Br)sc1Br. The Balaban J connectivity index is 2.50. The van der Waals surface area contributed by atoms with E-state index in [4.69, 9.17) is 0 Å². The zero-order valence-corrected chi connectivity index (χ0v) is 13.8. The van der Waals surface area contributed by atoms with Gasteiger partial charge in [0.1, 0.15) is 0 Å². The lowest BCUT2D eigenvalue weighted by Gasteiger charge is -2.15. The third-order valence-electron chi connectivity index (χ3n) is 2.75. The number of nitrogens with one attached hydrogen (secondary N) is 1. The number of hydrogen-bond acceptors (Lipinski definition) is 2. The van der Waals surface area contributed by atoms with Gasteiger partial charge in [-0.2, -0.15) is 0 Å². The lowest BCUT2D eigenvalue weighted by molar-refractivity contribution is 0.505. The Bertz CT molecular complexity index is 312. The second kappa shape index (κ2) is 7.85. The van der Waals surface area contributed by atoms with Crippen molar-refractivity contribution in [2.45, 2.75) is 45.1 Å². The van der Waals surface area contributed by atoms with Gasteiger partial charge in [-0.25, -0.2) is 0 Å². The van der Waals surface area contributed by atoms with Gasteiger partial charge in [0.2, 0.25) is 0 Å². The molecule has 1 N–H and O–H groups in total. The van der Waals surface area contributed by atoms with Crippen LogP contribution in [-0.4, -0.2) is 7.05 Å². The first-order valence-corrected chi connectivity index (χ1v) is 8.21. The van der Waals surface area contributed by atoms with Crippen LogP contribution in [0.3, 0.4) is 0 Å². The van der Waals surface area contributed by atoms with Gasteiger partial charge in [0, 0.05) is 6.04 Å². The van der Waals surface area contributed by atoms with Crippen LogP contribution in [0.4, 0.5) is 0 Å². The molecule has 1 nitrogen and oxygen atoms in total. The molecule has 0 saturated carbocycles. The first-order valence-electron chi connectivity index (χ1n) is 5.81. The largest absolute Gasteiger partial charge is 0.313 e. The molecule has 1 aromatic heterocycles. The van der Waals surface area contributed by atoms with Crippen LogP contribution in [0, 0.1) is 0 Å². The van der Waals surface area contributed by atoms with E-state index in [1.807, 2.05) is 7.05 Å². The maximum atomic E-state index is 3.63. The van der Waals surface area contributed by atoms with Crippen LogP contribution >= 0.6 is 43.2 Å². The Morgan fingerprint density at radius 1 is 1.31 bits per heavy atom. The molecule has 1 unspecified atom stereocenters. The van der Waals surface area contributed by atoms with E-state index in [-0.39, 0.29) is 0 Å². The second-order valence-corrected chi connectivity index (χ2v) is 7.72. The molecular weight excluding hydrogens is 350 g/mol. The van der Waals surface area contributed by atoms with Crippen molar-refractivity contribution in [2.75, 3.05) is 7.05 Å². The maximum absolute atomic E-state index is 3.63. The average molecular weight is 369 g/mol. The van der Waals surface area contributed by atoms with E-state index in [2.05, 4.69) is 50.2 Å². The highest BCUT2D eigenvalue weighted by atomic mass is 79.9. The summed E-state index contributed by atoms with van der Waals surface area (Å²) in [4.78, 5) is 0. The topological polar surface area (TPSA) is 12.0 Å². The highest BCUT2D eigenvalue weighted by Crippen LogP contribution is 2.36. The predicted octanol–water partition coefficient (Wildman–Crippen LogP) is 5.50. The molecule has 0 bridgehead atoms. The average Bonchev–Trinajstić information content (AvgIpc) is 2.58. The van der Waals surface area contributed by atoms with Crippen molar-refractivity contribution in [2.24, 2.45) is 0 Å². The van der Waals surface area contributed by atoms with Gasteiger partial charge < -0.3 is 5.32 Å². The van der Waals surface area contributed by atoms with Gasteiger partial charge in [-0.05, 0) is 57.0 Å². The standard InChI is InChI=1S/C12H19Br2NS/c1-3-4-5-6-7-10(15-2)9-8-11(13)16-12(9)14/h8,10,15H,3-7H2,1-2H3. The smallest absolute Gasteiger partial charge is 0.0758 e. The van der Waals surface area contributed by atoms with E-state index < -0.39 is 0 Å². The monoisotopic (exact) mass is 367 g/mol. The molecule has 0 aliphatic heterocycles. The van der Waals surface area contributed by atoms with Crippen molar-refractivity contribution in [3.8, 4) is 0 Å². The van der Waals surface area contributed by atoms with Gasteiger partial charge in [-0.15, -0.1) is 11.3 Å². The van der Waals surface area contributed by atoms with Crippen molar-refractivity contribution in [3.63, 3.8) is 0 Å². The summed E-state index contributed by atoms with van der Waals surface area (Å²) in [5, 5.41) is 3.41. The van der Waals surface area contributed by atoms with E-state index in [1.165, 1.54) is 45.2 Å². The Morgan fingerprint density at radius 3 is 2.56 bits per heavy atom. The van der Waals surface area contributed by atoms with Gasteiger partial charge >= 0.3 is 0 Å². The summed E-state index contributed by atoms with van der Waals surface area (Å²) in [5.41, 5.74) is 1.39. The first kappa shape index (κ1) is 14.7. The van der Waals surface area contributed by atoms with Crippen molar-refractivity contribution >= 4 is 43.2 Å². The molecule has 1 atom stereocenters. The highest BCUT2D eigenvalue weighted by molar-refractivity contribution is 9.12. The van der Waals surface area contributed by atoms with Crippen LogP contribution < -0.4 is 5.32 Å². The molecule has 1 heterocycles. The summed E-state index contributed by atoms with van der Waals surface area (Å²) in [5.74, 6) is 0. The van der Waals surface area contributed by atoms with E-state index in [0.717, 1.165) is 0 Å². The van der Waals surface area contributed by atoms with Crippen molar-refractivity contribution in [3.05, 3.63) is 19.2 Å². The van der Waals surface area contributed by atoms with Crippen molar-refractivity contribution in [1.82, 2.24) is 5.32 Å². The quantitative estimate of drug-likeness (QED) is 0.626. The van der Waals surface area contributed by atoms with Crippen molar-refractivity contribution in [1.29, 1.82) is 0 Å². The van der Waals surface area contributed by atoms with E-state index in [0.29, 0.717) is 6.04 Å². The fraction of sp³-hybridized carbons (Fsp3) is 0.667. The fourth-order valence-electron chi connectivity index (χ4n) is 1.82. The second-order valence-electron chi connectivity index (χ2n) is 3.97. The molecule has 4 heteroatoms. The lowest BCUT2D eigenvalue weighted by Crippen LogP contribution is -2.15. The van der Waals surface area contributed by atoms with E-state index in [1.54, 1.807) is 11.3 Å². The van der Waals surface area contributed by atoms with Crippen LogP contribution in [0.5, 0.6) is 0 Å². The normalized spacial score (nSPS) is 13.0. The predicted molar refractivity (Wildman–Crippen MR) is 80.3 cm³/mol. The van der Waals surface area contributed by atoms with Crippen LogP contribution in [0.2, 0.25) is 0 Å². The van der Waals surface area contributed by atoms with Crippen LogP contribution in [0.1, 0.15) is 50.6 Å². The zero-order valence-electron chi connectivity index (χ0n) is 9.85. The number of rotatable bonds is 7. The molecule has 0 amide bonds. The molecular formula is C12H19Br2NS. The minimum Gasteiger partial charge on any atom is -0.313 e. The molecule has 0 saturated heterocycles. The summed E-state index contributed by atoms with van der Waals surface area (Å²) in [6, 6.07) is 2.70. The molecule has 0 radical (unpaired) electrons. The summed E-state index contributed by atoms with van der Waals surface area (Å²) in [6.45, 7) is 2.25. The van der Waals surface area contributed by atoms with Gasteiger partial charge in [-0.3, -0.25) is 0 Å². The summed E-state index contributed by atoms with van der Waals surface area (Å²) in [6.07, 6.45) is 6.53. The number of thiophene rings is 1. The van der Waals surface area contributed by atoms with E-state index in [9.17, 15) is 0 Å². The van der Waals surface area contributed by atoms with Gasteiger partial charge in [0.15, 0.2) is 0 Å². The number of hydrogen-bond donors (Lipinski definition) is 1. The Morgan fingerprint density at radius 2 is 2.06 bits per heavy atom. The highest BCUT2D eigenvalue weighted by Gasteiger charge is 2.14. The fourth-order valence-corrected chi connectivity index (χ4v) is 4.80. The van der Waals surface area contributed by atoms with E-state index >= 15 is 0 Å². The minimum atomic E-state index is 0.480. The van der Waals surface area contributed by atoms with Gasteiger partial charge in [0.25, 0.3) is 0 Å². The molecule has 0 aromatic carbocycles. The molecule has 0 aliphatic rings. The van der Waals surface area contributed by atoms with Crippen LogP contribution in [0.15, 0.2) is 13.6 Å². The van der Waals surface area contributed by atoms with Crippen molar-refractivity contribution < 1.29 is 0 Å². The zero-order chi connectivity index (χ0) is 12.0. The molecule has 1 aromatic rings. The van der Waals surface area contributed by atoms with Crippen LogP contribution in [0.25, 0.3) is 0 Å². The Kier molecular flexibility index (Phi) is 7.20. The third-order valence-corrected chi connectivity index (χ3v) is 5.14. The van der Waals surface area contributed by atoms with Crippen LogP contribution in [-0.2, 0) is 0 Å². The molecule has 1 rings (SSSR count). The third kappa shape index (κ3) is 4.47. The molecule has 0 aliphatic carbocycles.